The fourth-order valence-corrected chi connectivity index (χ4v) is 3.44. The van der Waals surface area contributed by atoms with E-state index in [1.807, 2.05) is 0 Å². The Bertz CT molecular complexity index is 179. The van der Waals surface area contributed by atoms with Crippen molar-refractivity contribution >= 4 is 0 Å². The van der Waals surface area contributed by atoms with Gasteiger partial charge in [0.1, 0.15) is 6.17 Å². The van der Waals surface area contributed by atoms with Gasteiger partial charge in [0.05, 0.1) is 0 Å². The third-order valence-corrected chi connectivity index (χ3v) is 3.67. The van der Waals surface area contributed by atoms with Crippen molar-refractivity contribution in [3.63, 3.8) is 0 Å². The van der Waals surface area contributed by atoms with E-state index in [-0.39, 0.29) is 5.54 Å². The van der Waals surface area contributed by atoms with Gasteiger partial charge in [-0.05, 0) is 25.2 Å². The van der Waals surface area contributed by atoms with E-state index in [9.17, 15) is 4.39 Å². The second-order valence-corrected chi connectivity index (χ2v) is 4.99. The van der Waals surface area contributed by atoms with Gasteiger partial charge in [-0.2, -0.15) is 0 Å². The van der Waals surface area contributed by atoms with Gasteiger partial charge < -0.3 is 0 Å². The zero-order valence-corrected chi connectivity index (χ0v) is 8.72. The summed E-state index contributed by atoms with van der Waals surface area (Å²) in [5, 5.41) is 0. The number of hydrogen-bond donors (Lipinski definition) is 0. The third kappa shape index (κ3) is 1.50. The summed E-state index contributed by atoms with van der Waals surface area (Å²) in [7, 11) is 0. The highest BCUT2D eigenvalue weighted by Crippen LogP contribution is 2.45. The average molecular weight is 185 g/mol. The fourth-order valence-electron chi connectivity index (χ4n) is 3.44. The van der Waals surface area contributed by atoms with Crippen LogP contribution >= 0.6 is 0 Å². The standard InChI is InChI=1S/C11H20FN/c1-3-4-11-5-9(2)7-13(11)8-10(12)6-11/h9-10H,3-8H2,1-2H3/t9-,10+,11-/m0/s1. The van der Waals surface area contributed by atoms with Crippen molar-refractivity contribution in [2.24, 2.45) is 5.92 Å². The summed E-state index contributed by atoms with van der Waals surface area (Å²) in [6.07, 6.45) is 3.85. The molecular weight excluding hydrogens is 165 g/mol. The SMILES string of the molecule is CCC[C@@]12C[C@H](C)CN1C[C@H](F)C2. The van der Waals surface area contributed by atoms with Crippen molar-refractivity contribution in [3.05, 3.63) is 0 Å². The van der Waals surface area contributed by atoms with Crippen LogP contribution in [0.1, 0.15) is 39.5 Å². The Kier molecular flexibility index (Phi) is 2.35. The van der Waals surface area contributed by atoms with E-state index >= 15 is 0 Å². The Morgan fingerprint density at radius 1 is 1.38 bits per heavy atom. The molecule has 2 saturated heterocycles. The minimum absolute atomic E-state index is 0.258. The molecule has 3 atom stereocenters. The molecule has 0 N–H and O–H groups in total. The van der Waals surface area contributed by atoms with Crippen molar-refractivity contribution in [2.45, 2.75) is 51.2 Å². The molecule has 13 heavy (non-hydrogen) atoms. The molecule has 2 aliphatic rings. The number of rotatable bonds is 2. The molecular formula is C11H20FN. The molecule has 1 nitrogen and oxygen atoms in total. The molecule has 0 spiro atoms. The highest BCUT2D eigenvalue weighted by Gasteiger charge is 2.49. The Morgan fingerprint density at radius 2 is 2.15 bits per heavy atom. The minimum Gasteiger partial charge on any atom is -0.294 e. The summed E-state index contributed by atoms with van der Waals surface area (Å²) < 4.78 is 13.3. The van der Waals surface area contributed by atoms with Gasteiger partial charge in [0.25, 0.3) is 0 Å². The zero-order chi connectivity index (χ0) is 9.47. The first-order valence-corrected chi connectivity index (χ1v) is 5.55. The van der Waals surface area contributed by atoms with Gasteiger partial charge in [0.2, 0.25) is 0 Å². The molecule has 2 heterocycles. The highest BCUT2D eigenvalue weighted by molar-refractivity contribution is 5.04. The van der Waals surface area contributed by atoms with Crippen molar-refractivity contribution in [1.82, 2.24) is 4.90 Å². The Labute approximate surface area is 80.3 Å². The second-order valence-electron chi connectivity index (χ2n) is 4.99. The fraction of sp³-hybridized carbons (Fsp3) is 1.00. The van der Waals surface area contributed by atoms with Gasteiger partial charge in [0, 0.05) is 18.6 Å². The summed E-state index contributed by atoms with van der Waals surface area (Å²) in [4.78, 5) is 2.41. The molecule has 2 aliphatic heterocycles. The molecule has 0 saturated carbocycles. The Balaban J connectivity index is 2.11. The van der Waals surface area contributed by atoms with Crippen molar-refractivity contribution < 1.29 is 4.39 Å². The molecule has 0 unspecified atom stereocenters. The summed E-state index contributed by atoms with van der Waals surface area (Å²) in [5.41, 5.74) is 0.258. The normalized spacial score (nSPS) is 45.5. The molecule has 2 fully saturated rings. The van der Waals surface area contributed by atoms with Gasteiger partial charge in [-0.25, -0.2) is 4.39 Å². The van der Waals surface area contributed by atoms with Crippen molar-refractivity contribution in [3.8, 4) is 0 Å². The van der Waals surface area contributed by atoms with Gasteiger partial charge in [-0.15, -0.1) is 0 Å². The van der Waals surface area contributed by atoms with Gasteiger partial charge >= 0.3 is 0 Å². The monoisotopic (exact) mass is 185 g/mol. The predicted octanol–water partition coefficient (Wildman–Crippen LogP) is 2.61. The lowest BCUT2D eigenvalue weighted by Crippen LogP contribution is -2.37. The largest absolute Gasteiger partial charge is 0.294 e. The zero-order valence-electron chi connectivity index (χ0n) is 8.72. The lowest BCUT2D eigenvalue weighted by atomic mass is 9.86. The van der Waals surface area contributed by atoms with Crippen LogP contribution in [0.15, 0.2) is 0 Å². The lowest BCUT2D eigenvalue weighted by Gasteiger charge is -2.31. The van der Waals surface area contributed by atoms with Crippen LogP contribution in [0, 0.1) is 5.92 Å². The molecule has 0 aromatic rings. The van der Waals surface area contributed by atoms with Crippen LogP contribution in [-0.2, 0) is 0 Å². The maximum absolute atomic E-state index is 13.3. The van der Waals surface area contributed by atoms with Gasteiger partial charge in [-0.3, -0.25) is 4.90 Å². The van der Waals surface area contributed by atoms with Crippen LogP contribution in [0.5, 0.6) is 0 Å². The molecule has 0 amide bonds. The van der Waals surface area contributed by atoms with Crippen molar-refractivity contribution in [2.75, 3.05) is 13.1 Å². The van der Waals surface area contributed by atoms with Crippen LogP contribution in [-0.4, -0.2) is 29.7 Å². The van der Waals surface area contributed by atoms with E-state index in [4.69, 9.17) is 0 Å². The smallest absolute Gasteiger partial charge is 0.115 e. The topological polar surface area (TPSA) is 3.24 Å². The summed E-state index contributed by atoms with van der Waals surface area (Å²) >= 11 is 0. The molecule has 0 aromatic heterocycles. The van der Waals surface area contributed by atoms with Crippen LogP contribution in [0.2, 0.25) is 0 Å². The van der Waals surface area contributed by atoms with Gasteiger partial charge in [0.15, 0.2) is 0 Å². The van der Waals surface area contributed by atoms with Crippen LogP contribution in [0.25, 0.3) is 0 Å². The summed E-state index contributed by atoms with van der Waals surface area (Å²) in [6, 6.07) is 0. The first-order chi connectivity index (χ1) is 6.16. The molecule has 2 rings (SSSR count). The van der Waals surface area contributed by atoms with Gasteiger partial charge in [-0.1, -0.05) is 20.3 Å². The Hall–Kier alpha value is -0.110. The third-order valence-electron chi connectivity index (χ3n) is 3.67. The molecule has 2 heteroatoms. The maximum Gasteiger partial charge on any atom is 0.115 e. The van der Waals surface area contributed by atoms with E-state index in [0.717, 1.165) is 18.9 Å². The number of fused-ring (bicyclic) bond motifs is 1. The van der Waals surface area contributed by atoms with Crippen LogP contribution < -0.4 is 0 Å². The second kappa shape index (κ2) is 3.23. The number of nitrogens with zero attached hydrogens (tertiary/aromatic N) is 1. The lowest BCUT2D eigenvalue weighted by molar-refractivity contribution is 0.181. The van der Waals surface area contributed by atoms with Crippen LogP contribution in [0.3, 0.4) is 0 Å². The summed E-state index contributed by atoms with van der Waals surface area (Å²) in [5.74, 6) is 0.777. The number of halogens is 1. The Morgan fingerprint density at radius 3 is 2.85 bits per heavy atom. The molecule has 76 valence electrons. The summed E-state index contributed by atoms with van der Waals surface area (Å²) in [6.45, 7) is 6.33. The maximum atomic E-state index is 13.3. The molecule has 0 bridgehead atoms. The number of hydrogen-bond acceptors (Lipinski definition) is 1. The van der Waals surface area contributed by atoms with Crippen molar-refractivity contribution in [1.29, 1.82) is 0 Å². The quantitative estimate of drug-likeness (QED) is 0.639. The molecule has 0 aromatic carbocycles. The van der Waals surface area contributed by atoms with E-state index < -0.39 is 6.17 Å². The van der Waals surface area contributed by atoms with E-state index in [1.54, 1.807) is 0 Å². The minimum atomic E-state index is -0.556. The van der Waals surface area contributed by atoms with E-state index in [1.165, 1.54) is 19.3 Å². The average Bonchev–Trinajstić information content (AvgIpc) is 2.40. The molecule has 0 aliphatic carbocycles. The first kappa shape index (κ1) is 9.45. The first-order valence-electron chi connectivity index (χ1n) is 5.55. The molecule has 0 radical (unpaired) electrons. The number of alkyl halides is 1. The highest BCUT2D eigenvalue weighted by atomic mass is 19.1. The van der Waals surface area contributed by atoms with E-state index in [2.05, 4.69) is 18.7 Å². The van der Waals surface area contributed by atoms with Crippen LogP contribution in [0.4, 0.5) is 4.39 Å². The predicted molar refractivity (Wildman–Crippen MR) is 52.5 cm³/mol. The van der Waals surface area contributed by atoms with E-state index in [0.29, 0.717) is 6.54 Å².